The summed E-state index contributed by atoms with van der Waals surface area (Å²) < 4.78 is 1.22. The van der Waals surface area contributed by atoms with Crippen molar-refractivity contribution in [3.8, 4) is 0 Å². The van der Waals surface area contributed by atoms with E-state index in [2.05, 4.69) is 21.5 Å². The van der Waals surface area contributed by atoms with Gasteiger partial charge in [-0.25, -0.2) is 0 Å². The van der Waals surface area contributed by atoms with Gasteiger partial charge in [-0.1, -0.05) is 18.2 Å². The monoisotopic (exact) mass is 343 g/mol. The average Bonchev–Trinajstić information content (AvgIpc) is 2.63. The second-order valence-corrected chi connectivity index (χ2v) is 5.39. The van der Waals surface area contributed by atoms with E-state index in [-0.39, 0.29) is 18.1 Å². The number of pyridine rings is 1. The molecule has 1 aromatic heterocycles. The van der Waals surface area contributed by atoms with Gasteiger partial charge in [0.15, 0.2) is 0 Å². The Hall–Kier alpha value is -3.13. The lowest BCUT2D eigenvalue weighted by Crippen LogP contribution is -2.39. The molecule has 2 aromatic rings. The molecule has 2 amide bonds. The lowest BCUT2D eigenvalue weighted by atomic mass is 10.3. The summed E-state index contributed by atoms with van der Waals surface area (Å²) in [6.07, 6.45) is 1.49. The van der Waals surface area contributed by atoms with Gasteiger partial charge in [-0.15, -0.1) is 0 Å². The number of carbonyl (C=O) groups is 2. The second-order valence-electron chi connectivity index (χ2n) is 5.39. The molecule has 4 N–H and O–H groups in total. The summed E-state index contributed by atoms with van der Waals surface area (Å²) in [5.41, 5.74) is 5.68. The number of para-hydroxylation sites is 1. The number of hydrazine groups is 1. The van der Waals surface area contributed by atoms with Crippen molar-refractivity contribution in [2.45, 2.75) is 19.5 Å². The van der Waals surface area contributed by atoms with Gasteiger partial charge in [0.25, 0.3) is 11.5 Å². The van der Waals surface area contributed by atoms with Crippen LogP contribution in [0.5, 0.6) is 0 Å². The van der Waals surface area contributed by atoms with Crippen LogP contribution in [0.1, 0.15) is 6.92 Å². The Morgan fingerprint density at radius 3 is 2.52 bits per heavy atom. The molecule has 1 aromatic carbocycles. The van der Waals surface area contributed by atoms with Crippen molar-refractivity contribution < 1.29 is 9.59 Å². The van der Waals surface area contributed by atoms with Crippen LogP contribution in [0.15, 0.2) is 53.5 Å². The van der Waals surface area contributed by atoms with E-state index < -0.39 is 17.5 Å². The summed E-state index contributed by atoms with van der Waals surface area (Å²) in [5, 5.41) is 5.34. The maximum atomic E-state index is 12.4. The first-order valence-corrected chi connectivity index (χ1v) is 7.78. The Morgan fingerprint density at radius 1 is 1.12 bits per heavy atom. The molecule has 0 spiro atoms. The molecular formula is C17H21N5O3. The number of benzene rings is 1. The number of hydrogen-bond acceptors (Lipinski definition) is 5. The molecule has 0 saturated heterocycles. The van der Waals surface area contributed by atoms with Crippen molar-refractivity contribution in [3.63, 3.8) is 0 Å². The third-order valence-corrected chi connectivity index (χ3v) is 3.54. The SMILES string of the molecule is CN[C@@H](C)C(=O)Nc1cccn(CC(=O)NNc2ccccc2)c1=O. The van der Waals surface area contributed by atoms with Gasteiger partial charge >= 0.3 is 0 Å². The standard InChI is InChI=1S/C17H21N5O3/c1-12(18-2)16(24)19-14-9-6-10-22(17(14)25)11-15(23)21-20-13-7-4-3-5-8-13/h3-10,12,18,20H,11H2,1-2H3,(H,19,24)(H,21,23)/t12-/m0/s1. The molecule has 0 aliphatic rings. The van der Waals surface area contributed by atoms with E-state index in [1.165, 1.54) is 16.8 Å². The van der Waals surface area contributed by atoms with Crippen LogP contribution in [0.25, 0.3) is 0 Å². The number of nitrogens with one attached hydrogen (secondary N) is 4. The van der Waals surface area contributed by atoms with Gasteiger partial charge in [-0.3, -0.25) is 25.2 Å². The van der Waals surface area contributed by atoms with Crippen molar-refractivity contribution >= 4 is 23.2 Å². The number of aromatic nitrogens is 1. The number of amides is 2. The second kappa shape index (κ2) is 8.65. The fourth-order valence-electron chi connectivity index (χ4n) is 1.99. The molecule has 0 aliphatic carbocycles. The minimum Gasteiger partial charge on any atom is -0.320 e. The van der Waals surface area contributed by atoms with Gasteiger partial charge in [-0.05, 0) is 38.2 Å². The Labute approximate surface area is 145 Å². The van der Waals surface area contributed by atoms with E-state index in [0.717, 1.165) is 5.69 Å². The molecule has 0 bridgehead atoms. The first-order chi connectivity index (χ1) is 12.0. The highest BCUT2D eigenvalue weighted by atomic mass is 16.2. The van der Waals surface area contributed by atoms with Crippen molar-refractivity contribution in [2.24, 2.45) is 0 Å². The van der Waals surface area contributed by atoms with Gasteiger partial charge in [0.05, 0.1) is 11.7 Å². The minimum absolute atomic E-state index is 0.124. The minimum atomic E-state index is -0.450. The third-order valence-electron chi connectivity index (χ3n) is 3.54. The molecule has 8 nitrogen and oxygen atoms in total. The molecule has 1 heterocycles. The van der Waals surface area contributed by atoms with Crippen LogP contribution in [-0.2, 0) is 16.1 Å². The summed E-state index contributed by atoms with van der Waals surface area (Å²) in [7, 11) is 1.65. The van der Waals surface area contributed by atoms with Gasteiger partial charge in [0.2, 0.25) is 5.91 Å². The molecule has 0 saturated carbocycles. The number of hydrogen-bond donors (Lipinski definition) is 4. The van der Waals surface area contributed by atoms with Crippen LogP contribution in [0, 0.1) is 0 Å². The van der Waals surface area contributed by atoms with Gasteiger partial charge in [0, 0.05) is 6.20 Å². The quantitative estimate of drug-likeness (QED) is 0.549. The number of nitrogens with zero attached hydrogens (tertiary/aromatic N) is 1. The number of rotatable bonds is 7. The zero-order valence-electron chi connectivity index (χ0n) is 14.1. The lowest BCUT2D eigenvalue weighted by molar-refractivity contribution is -0.121. The predicted molar refractivity (Wildman–Crippen MR) is 96.1 cm³/mol. The fourth-order valence-corrected chi connectivity index (χ4v) is 1.99. The van der Waals surface area contributed by atoms with Crippen molar-refractivity contribution in [3.05, 3.63) is 59.0 Å². The lowest BCUT2D eigenvalue weighted by Gasteiger charge is -2.13. The van der Waals surface area contributed by atoms with Gasteiger partial charge in [0.1, 0.15) is 12.2 Å². The molecule has 8 heteroatoms. The Bertz CT molecular complexity index is 788. The van der Waals surface area contributed by atoms with E-state index in [1.807, 2.05) is 18.2 Å². The van der Waals surface area contributed by atoms with E-state index in [4.69, 9.17) is 0 Å². The fraction of sp³-hybridized carbons (Fsp3) is 0.235. The van der Waals surface area contributed by atoms with Crippen LogP contribution in [0.4, 0.5) is 11.4 Å². The number of likely N-dealkylation sites (N-methyl/N-ethyl adjacent to an activating group) is 1. The maximum absolute atomic E-state index is 12.4. The molecular weight excluding hydrogens is 322 g/mol. The normalized spacial score (nSPS) is 11.4. The molecule has 0 aliphatic heterocycles. The predicted octanol–water partition coefficient (Wildman–Crippen LogP) is 0.538. The van der Waals surface area contributed by atoms with Crippen LogP contribution in [0.2, 0.25) is 0 Å². The van der Waals surface area contributed by atoms with Crippen LogP contribution >= 0.6 is 0 Å². The molecule has 1 atom stereocenters. The van der Waals surface area contributed by atoms with E-state index >= 15 is 0 Å². The first kappa shape index (κ1) is 18.2. The Kier molecular flexibility index (Phi) is 6.30. The average molecular weight is 343 g/mol. The van der Waals surface area contributed by atoms with E-state index in [1.54, 1.807) is 32.2 Å². The van der Waals surface area contributed by atoms with Crippen LogP contribution in [-0.4, -0.2) is 29.5 Å². The van der Waals surface area contributed by atoms with Crippen molar-refractivity contribution in [1.29, 1.82) is 0 Å². The Balaban J connectivity index is 2.00. The largest absolute Gasteiger partial charge is 0.320 e. The van der Waals surface area contributed by atoms with Gasteiger partial charge in [-0.2, -0.15) is 0 Å². The van der Waals surface area contributed by atoms with Crippen molar-refractivity contribution in [1.82, 2.24) is 15.3 Å². The van der Waals surface area contributed by atoms with Crippen molar-refractivity contribution in [2.75, 3.05) is 17.8 Å². The topological polar surface area (TPSA) is 104 Å². The highest BCUT2D eigenvalue weighted by Gasteiger charge is 2.13. The van der Waals surface area contributed by atoms with Gasteiger partial charge < -0.3 is 15.2 Å². The first-order valence-electron chi connectivity index (χ1n) is 7.78. The van der Waals surface area contributed by atoms with Crippen LogP contribution in [0.3, 0.4) is 0 Å². The van der Waals surface area contributed by atoms with E-state index in [9.17, 15) is 14.4 Å². The summed E-state index contributed by atoms with van der Waals surface area (Å²) in [4.78, 5) is 36.2. The molecule has 25 heavy (non-hydrogen) atoms. The van der Waals surface area contributed by atoms with Crippen LogP contribution < -0.4 is 27.0 Å². The zero-order valence-corrected chi connectivity index (χ0v) is 14.1. The highest BCUT2D eigenvalue weighted by molar-refractivity contribution is 5.94. The maximum Gasteiger partial charge on any atom is 0.274 e. The molecule has 132 valence electrons. The third kappa shape index (κ3) is 5.18. The molecule has 0 unspecified atom stereocenters. The molecule has 0 radical (unpaired) electrons. The smallest absolute Gasteiger partial charge is 0.274 e. The summed E-state index contributed by atoms with van der Waals surface area (Å²) in [5.74, 6) is -0.717. The number of carbonyl (C=O) groups excluding carboxylic acids is 2. The van der Waals surface area contributed by atoms with E-state index in [0.29, 0.717) is 0 Å². The Morgan fingerprint density at radius 2 is 1.84 bits per heavy atom. The molecule has 0 fully saturated rings. The summed E-state index contributed by atoms with van der Waals surface area (Å²) in [6, 6.07) is 11.8. The summed E-state index contributed by atoms with van der Waals surface area (Å²) in [6.45, 7) is 1.50. The molecule has 2 rings (SSSR count). The zero-order chi connectivity index (χ0) is 18.2. The number of anilines is 2. The summed E-state index contributed by atoms with van der Waals surface area (Å²) >= 11 is 0. The highest BCUT2D eigenvalue weighted by Crippen LogP contribution is 2.03.